The highest BCUT2D eigenvalue weighted by Crippen LogP contribution is 2.37. The molecule has 16 heavy (non-hydrogen) atoms. The topological polar surface area (TPSA) is 39.9 Å². The highest BCUT2D eigenvalue weighted by molar-refractivity contribution is 6.28. The average molecular weight is 244 g/mol. The lowest BCUT2D eigenvalue weighted by molar-refractivity contribution is -0.0203. The average Bonchev–Trinajstić information content (AvgIpc) is 2.55. The minimum Gasteiger partial charge on any atom is -0.378 e. The van der Waals surface area contributed by atoms with E-state index in [0.29, 0.717) is 17.4 Å². The van der Waals surface area contributed by atoms with Crippen molar-refractivity contribution < 1.29 is 4.74 Å². The van der Waals surface area contributed by atoms with Crippen molar-refractivity contribution in [2.24, 2.45) is 0 Å². The van der Waals surface area contributed by atoms with E-state index in [9.17, 15) is 0 Å². The van der Waals surface area contributed by atoms with Crippen LogP contribution in [0.15, 0.2) is 0 Å². The molecule has 0 bridgehead atoms. The van der Waals surface area contributed by atoms with Gasteiger partial charge in [0.05, 0.1) is 6.10 Å². The molecular weight excluding hydrogens is 226 g/mol. The van der Waals surface area contributed by atoms with Gasteiger partial charge in [-0.05, 0) is 37.8 Å². The Morgan fingerprint density at radius 2 is 2.12 bits per heavy atom. The molecule has 0 unspecified atom stereocenters. The molecule has 5 heteroatoms. The van der Waals surface area contributed by atoms with Crippen LogP contribution in [0.4, 0.5) is 0 Å². The second-order valence-corrected chi connectivity index (χ2v) is 4.55. The van der Waals surface area contributed by atoms with Gasteiger partial charge in [0, 0.05) is 19.1 Å². The maximum absolute atomic E-state index is 6.06. The van der Waals surface area contributed by atoms with Crippen LogP contribution in [-0.4, -0.2) is 27.5 Å². The van der Waals surface area contributed by atoms with E-state index in [-0.39, 0.29) is 0 Å². The summed E-state index contributed by atoms with van der Waals surface area (Å²) in [4.78, 5) is 0. The molecule has 0 aliphatic heterocycles. The third-order valence-corrected chi connectivity index (χ3v) is 3.29. The highest BCUT2D eigenvalue weighted by atomic mass is 35.5. The quantitative estimate of drug-likeness (QED) is 0.798. The molecule has 1 heterocycles. The third kappa shape index (κ3) is 2.23. The van der Waals surface area contributed by atoms with Gasteiger partial charge in [-0.1, -0.05) is 6.92 Å². The molecule has 0 spiro atoms. The van der Waals surface area contributed by atoms with Crippen molar-refractivity contribution in [1.82, 2.24) is 14.8 Å². The predicted molar refractivity (Wildman–Crippen MR) is 62.7 cm³/mol. The number of rotatable bonds is 5. The van der Waals surface area contributed by atoms with Gasteiger partial charge in [-0.2, -0.15) is 0 Å². The smallest absolute Gasteiger partial charge is 0.225 e. The molecule has 1 fully saturated rings. The Labute approximate surface area is 101 Å². The summed E-state index contributed by atoms with van der Waals surface area (Å²) in [5.74, 6) is 1.01. The summed E-state index contributed by atoms with van der Waals surface area (Å²) in [6.45, 7) is 4.95. The molecule has 0 saturated heterocycles. The predicted octanol–water partition coefficient (Wildman–Crippen LogP) is 2.62. The van der Waals surface area contributed by atoms with E-state index in [2.05, 4.69) is 21.7 Å². The minimum atomic E-state index is 0.392. The Morgan fingerprint density at radius 1 is 1.38 bits per heavy atom. The fourth-order valence-corrected chi connectivity index (χ4v) is 2.45. The summed E-state index contributed by atoms with van der Waals surface area (Å²) in [6.07, 6.45) is 4.46. The van der Waals surface area contributed by atoms with E-state index < -0.39 is 0 Å². The summed E-state index contributed by atoms with van der Waals surface area (Å²) in [7, 11) is 0. The second-order valence-electron chi connectivity index (χ2n) is 4.21. The molecule has 1 saturated carbocycles. The number of aromatic nitrogens is 3. The van der Waals surface area contributed by atoms with Crippen LogP contribution in [0, 0.1) is 0 Å². The first-order valence-corrected chi connectivity index (χ1v) is 6.34. The molecule has 1 aromatic rings. The lowest BCUT2D eigenvalue weighted by atomic mass is 9.89. The first kappa shape index (κ1) is 11.9. The number of halogens is 1. The van der Waals surface area contributed by atoms with Crippen molar-refractivity contribution in [3.63, 3.8) is 0 Å². The van der Waals surface area contributed by atoms with Crippen molar-refractivity contribution in [2.45, 2.75) is 51.7 Å². The van der Waals surface area contributed by atoms with Crippen LogP contribution in [0.5, 0.6) is 0 Å². The van der Waals surface area contributed by atoms with E-state index in [1.807, 2.05) is 6.92 Å². The standard InChI is InChI=1S/C11H18ClN3O/c1-3-5-10-13-14-11(12)15(10)8-6-9(7-8)16-4-2/h8-9H,3-7H2,1-2H3. The molecular formula is C11H18ClN3O. The molecule has 0 radical (unpaired) electrons. The van der Waals surface area contributed by atoms with Crippen molar-refractivity contribution in [3.05, 3.63) is 11.1 Å². The summed E-state index contributed by atoms with van der Waals surface area (Å²) < 4.78 is 7.62. The van der Waals surface area contributed by atoms with Gasteiger partial charge in [0.25, 0.3) is 0 Å². The monoisotopic (exact) mass is 243 g/mol. The van der Waals surface area contributed by atoms with Crippen LogP contribution < -0.4 is 0 Å². The van der Waals surface area contributed by atoms with Crippen LogP contribution in [0.3, 0.4) is 0 Å². The van der Waals surface area contributed by atoms with Crippen molar-refractivity contribution >= 4 is 11.6 Å². The Bertz CT molecular complexity index is 347. The van der Waals surface area contributed by atoms with E-state index in [1.165, 1.54) is 0 Å². The Hall–Kier alpha value is -0.610. The first-order chi connectivity index (χ1) is 7.76. The fourth-order valence-electron chi connectivity index (χ4n) is 2.18. The van der Waals surface area contributed by atoms with Gasteiger partial charge in [-0.25, -0.2) is 0 Å². The number of nitrogens with zero attached hydrogens (tertiary/aromatic N) is 3. The van der Waals surface area contributed by atoms with Gasteiger partial charge >= 0.3 is 0 Å². The summed E-state index contributed by atoms with van der Waals surface area (Å²) in [5.41, 5.74) is 0. The maximum Gasteiger partial charge on any atom is 0.225 e. The fraction of sp³-hybridized carbons (Fsp3) is 0.818. The highest BCUT2D eigenvalue weighted by Gasteiger charge is 2.33. The van der Waals surface area contributed by atoms with Crippen molar-refractivity contribution in [3.8, 4) is 0 Å². The molecule has 2 rings (SSSR count). The van der Waals surface area contributed by atoms with Crippen LogP contribution in [0.2, 0.25) is 5.28 Å². The van der Waals surface area contributed by atoms with Crippen molar-refractivity contribution in [2.75, 3.05) is 6.61 Å². The van der Waals surface area contributed by atoms with Gasteiger partial charge in [0.2, 0.25) is 5.28 Å². The zero-order valence-electron chi connectivity index (χ0n) is 9.82. The summed E-state index contributed by atoms with van der Waals surface area (Å²) >= 11 is 6.06. The van der Waals surface area contributed by atoms with Crippen LogP contribution >= 0.6 is 11.6 Å². The van der Waals surface area contributed by atoms with E-state index >= 15 is 0 Å². The molecule has 90 valence electrons. The normalized spacial score (nSPS) is 24.4. The molecule has 4 nitrogen and oxygen atoms in total. The number of aryl methyl sites for hydroxylation is 1. The SMILES string of the molecule is CCCc1nnc(Cl)n1C1CC(OCC)C1. The van der Waals surface area contributed by atoms with E-state index in [4.69, 9.17) is 16.3 Å². The lowest BCUT2D eigenvalue weighted by Crippen LogP contribution is -2.34. The van der Waals surface area contributed by atoms with Crippen LogP contribution in [0.1, 0.15) is 45.0 Å². The first-order valence-electron chi connectivity index (χ1n) is 5.97. The molecule has 1 aromatic heterocycles. The van der Waals surface area contributed by atoms with Crippen LogP contribution in [0.25, 0.3) is 0 Å². The van der Waals surface area contributed by atoms with E-state index in [1.54, 1.807) is 0 Å². The zero-order valence-corrected chi connectivity index (χ0v) is 10.6. The molecule has 0 N–H and O–H groups in total. The Morgan fingerprint density at radius 3 is 2.75 bits per heavy atom. The van der Waals surface area contributed by atoms with E-state index in [0.717, 1.165) is 38.1 Å². The van der Waals surface area contributed by atoms with Gasteiger partial charge in [-0.3, -0.25) is 4.57 Å². The van der Waals surface area contributed by atoms with Crippen molar-refractivity contribution in [1.29, 1.82) is 0 Å². The Balaban J connectivity index is 2.01. The van der Waals surface area contributed by atoms with Gasteiger partial charge in [0.15, 0.2) is 0 Å². The van der Waals surface area contributed by atoms with Gasteiger partial charge in [-0.15, -0.1) is 10.2 Å². The molecule has 0 amide bonds. The summed E-state index contributed by atoms with van der Waals surface area (Å²) in [5, 5.41) is 8.58. The second kappa shape index (κ2) is 5.15. The molecule has 0 atom stereocenters. The molecule has 1 aliphatic rings. The Kier molecular flexibility index (Phi) is 3.82. The number of hydrogen-bond acceptors (Lipinski definition) is 3. The minimum absolute atomic E-state index is 0.392. The third-order valence-electron chi connectivity index (χ3n) is 3.04. The number of ether oxygens (including phenoxy) is 1. The lowest BCUT2D eigenvalue weighted by Gasteiger charge is -2.36. The zero-order chi connectivity index (χ0) is 11.5. The molecule has 0 aromatic carbocycles. The van der Waals surface area contributed by atoms with Gasteiger partial charge in [0.1, 0.15) is 5.82 Å². The summed E-state index contributed by atoms with van der Waals surface area (Å²) in [6, 6.07) is 0.431. The van der Waals surface area contributed by atoms with Gasteiger partial charge < -0.3 is 4.74 Å². The van der Waals surface area contributed by atoms with Crippen LogP contribution in [-0.2, 0) is 11.2 Å². The molecule has 1 aliphatic carbocycles. The largest absolute Gasteiger partial charge is 0.378 e. The number of hydrogen-bond donors (Lipinski definition) is 0. The maximum atomic E-state index is 6.06.